The number of thiophene rings is 1. The Morgan fingerprint density at radius 1 is 1.29 bits per heavy atom. The summed E-state index contributed by atoms with van der Waals surface area (Å²) in [5.74, 6) is 0.608. The van der Waals surface area contributed by atoms with Crippen LogP contribution in [0.25, 0.3) is 10.2 Å². The van der Waals surface area contributed by atoms with Crippen LogP contribution in [0.2, 0.25) is 0 Å². The van der Waals surface area contributed by atoms with Crippen LogP contribution in [0, 0.1) is 10.1 Å². The fourth-order valence-corrected chi connectivity index (χ4v) is 4.94. The third-order valence-corrected chi connectivity index (χ3v) is 6.29. The first-order chi connectivity index (χ1) is 13.4. The number of rotatable bonds is 6. The quantitative estimate of drug-likeness (QED) is 0.469. The lowest BCUT2D eigenvalue weighted by molar-refractivity contribution is -0.384. The molecule has 0 atom stereocenters. The summed E-state index contributed by atoms with van der Waals surface area (Å²) < 4.78 is 1.61. The molecule has 0 bridgehead atoms. The van der Waals surface area contributed by atoms with E-state index in [0.29, 0.717) is 24.2 Å². The lowest BCUT2D eigenvalue weighted by Crippen LogP contribution is -2.26. The summed E-state index contributed by atoms with van der Waals surface area (Å²) in [4.78, 5) is 41.9. The second-order valence-corrected chi connectivity index (χ2v) is 8.16. The average molecular weight is 397 g/mol. The maximum atomic E-state index is 13.2. The third kappa shape index (κ3) is 3.35. The minimum Gasteiger partial charge on any atom is -0.300 e. The standard InChI is InChI=1S/C20H19N3O4S/c1-12(24)9-10-22-17(11-13-5-7-14(8-6-13)23(26)27)21-19-18(20(22)25)15-3-2-4-16(15)28-19/h5-8H,2-4,9-11H2,1H3. The first kappa shape index (κ1) is 18.5. The van der Waals surface area contributed by atoms with E-state index in [2.05, 4.69) is 0 Å². The molecule has 1 aromatic carbocycles. The number of nitrogens with zero attached hydrogens (tertiary/aromatic N) is 3. The van der Waals surface area contributed by atoms with Crippen molar-refractivity contribution in [3.63, 3.8) is 0 Å². The average Bonchev–Trinajstić information content (AvgIpc) is 3.22. The van der Waals surface area contributed by atoms with E-state index in [1.54, 1.807) is 28.0 Å². The van der Waals surface area contributed by atoms with Crippen molar-refractivity contribution in [2.45, 2.75) is 45.6 Å². The molecule has 1 aliphatic rings. The monoisotopic (exact) mass is 397 g/mol. The Morgan fingerprint density at radius 3 is 2.71 bits per heavy atom. The molecule has 8 heteroatoms. The molecule has 0 radical (unpaired) electrons. The van der Waals surface area contributed by atoms with Gasteiger partial charge >= 0.3 is 0 Å². The Bertz CT molecular complexity index is 1140. The number of nitro groups is 1. The van der Waals surface area contributed by atoms with Crippen molar-refractivity contribution in [2.24, 2.45) is 0 Å². The molecule has 1 aliphatic carbocycles. The zero-order chi connectivity index (χ0) is 19.8. The molecule has 3 aromatic rings. The first-order valence-corrected chi connectivity index (χ1v) is 10.0. The van der Waals surface area contributed by atoms with Gasteiger partial charge in [0.2, 0.25) is 0 Å². The lowest BCUT2D eigenvalue weighted by atomic mass is 10.1. The summed E-state index contributed by atoms with van der Waals surface area (Å²) in [7, 11) is 0. The minimum absolute atomic E-state index is 0.0174. The van der Waals surface area contributed by atoms with Gasteiger partial charge in [-0.25, -0.2) is 4.98 Å². The molecule has 0 N–H and O–H groups in total. The molecular formula is C20H19N3O4S. The van der Waals surface area contributed by atoms with E-state index in [1.165, 1.54) is 23.9 Å². The van der Waals surface area contributed by atoms with Crippen LogP contribution < -0.4 is 5.56 Å². The van der Waals surface area contributed by atoms with Crippen molar-refractivity contribution in [2.75, 3.05) is 0 Å². The third-order valence-electron chi connectivity index (χ3n) is 5.10. The molecule has 0 spiro atoms. The number of aromatic nitrogens is 2. The highest BCUT2D eigenvalue weighted by Crippen LogP contribution is 2.35. The molecule has 4 rings (SSSR count). The van der Waals surface area contributed by atoms with E-state index in [0.717, 1.165) is 35.2 Å². The Balaban J connectivity index is 1.79. The van der Waals surface area contributed by atoms with Gasteiger partial charge in [-0.05, 0) is 37.3 Å². The van der Waals surface area contributed by atoms with Crippen molar-refractivity contribution >= 4 is 33.0 Å². The van der Waals surface area contributed by atoms with Gasteiger partial charge in [0.05, 0.1) is 10.3 Å². The molecule has 0 aliphatic heterocycles. The summed E-state index contributed by atoms with van der Waals surface area (Å²) in [5, 5.41) is 11.6. The molecule has 0 saturated carbocycles. The highest BCUT2D eigenvalue weighted by atomic mass is 32.1. The Morgan fingerprint density at radius 2 is 2.04 bits per heavy atom. The number of Topliss-reactive ketones (excluding diaryl/α,β-unsaturated/α-hetero) is 1. The molecule has 2 heterocycles. The van der Waals surface area contributed by atoms with Crippen LogP contribution in [0.3, 0.4) is 0 Å². The van der Waals surface area contributed by atoms with Crippen LogP contribution in [0.15, 0.2) is 29.1 Å². The van der Waals surface area contributed by atoms with Gasteiger partial charge in [0.1, 0.15) is 16.4 Å². The van der Waals surface area contributed by atoms with Crippen molar-refractivity contribution in [3.8, 4) is 0 Å². The van der Waals surface area contributed by atoms with Gasteiger partial charge in [0.25, 0.3) is 11.2 Å². The maximum absolute atomic E-state index is 13.2. The number of aryl methyl sites for hydroxylation is 2. The molecule has 0 unspecified atom stereocenters. The summed E-state index contributed by atoms with van der Waals surface area (Å²) in [5.41, 5.74) is 1.90. The molecule has 0 saturated heterocycles. The highest BCUT2D eigenvalue weighted by molar-refractivity contribution is 7.18. The largest absolute Gasteiger partial charge is 0.300 e. The maximum Gasteiger partial charge on any atom is 0.269 e. The zero-order valence-corrected chi connectivity index (χ0v) is 16.3. The summed E-state index contributed by atoms with van der Waals surface area (Å²) >= 11 is 1.58. The number of benzene rings is 1. The molecule has 144 valence electrons. The van der Waals surface area contributed by atoms with Crippen LogP contribution in [-0.2, 0) is 30.6 Å². The predicted octanol–water partition coefficient (Wildman–Crippen LogP) is 3.42. The second kappa shape index (κ2) is 7.27. The number of ketones is 1. The van der Waals surface area contributed by atoms with E-state index in [1.807, 2.05) is 0 Å². The van der Waals surface area contributed by atoms with Crippen LogP contribution in [0.5, 0.6) is 0 Å². The van der Waals surface area contributed by atoms with E-state index >= 15 is 0 Å². The van der Waals surface area contributed by atoms with Crippen molar-refractivity contribution in [1.29, 1.82) is 0 Å². The number of carbonyl (C=O) groups excluding carboxylic acids is 1. The normalized spacial score (nSPS) is 13.0. The number of non-ortho nitro benzene ring substituents is 1. The van der Waals surface area contributed by atoms with Crippen LogP contribution in [-0.4, -0.2) is 20.3 Å². The summed E-state index contributed by atoms with van der Waals surface area (Å²) in [6.07, 6.45) is 3.60. The number of nitro benzene ring substituents is 1. The molecular weight excluding hydrogens is 378 g/mol. The van der Waals surface area contributed by atoms with Crippen molar-refractivity contribution < 1.29 is 9.72 Å². The molecule has 2 aromatic heterocycles. The van der Waals surface area contributed by atoms with E-state index < -0.39 is 4.92 Å². The van der Waals surface area contributed by atoms with E-state index in [9.17, 15) is 19.7 Å². The predicted molar refractivity (Wildman–Crippen MR) is 107 cm³/mol. The zero-order valence-electron chi connectivity index (χ0n) is 15.4. The topological polar surface area (TPSA) is 95.1 Å². The second-order valence-electron chi connectivity index (χ2n) is 7.07. The van der Waals surface area contributed by atoms with Crippen molar-refractivity contribution in [3.05, 3.63) is 66.6 Å². The fourth-order valence-electron chi connectivity index (χ4n) is 3.67. The molecule has 28 heavy (non-hydrogen) atoms. The van der Waals surface area contributed by atoms with E-state index in [-0.39, 0.29) is 23.5 Å². The molecule has 0 amide bonds. The number of hydrogen-bond acceptors (Lipinski definition) is 6. The minimum atomic E-state index is -0.440. The lowest BCUT2D eigenvalue weighted by Gasteiger charge is -2.12. The van der Waals surface area contributed by atoms with Gasteiger partial charge in [0, 0.05) is 36.4 Å². The smallest absolute Gasteiger partial charge is 0.269 e. The van der Waals surface area contributed by atoms with Gasteiger partial charge < -0.3 is 0 Å². The summed E-state index contributed by atoms with van der Waals surface area (Å²) in [6.45, 7) is 1.80. The first-order valence-electron chi connectivity index (χ1n) is 9.21. The van der Waals surface area contributed by atoms with Gasteiger partial charge in [-0.1, -0.05) is 12.1 Å². The Labute approximate surface area is 164 Å². The van der Waals surface area contributed by atoms with Crippen molar-refractivity contribution in [1.82, 2.24) is 9.55 Å². The van der Waals surface area contributed by atoms with Gasteiger partial charge in [-0.3, -0.25) is 24.3 Å². The van der Waals surface area contributed by atoms with Crippen LogP contribution in [0.1, 0.15) is 41.6 Å². The summed E-state index contributed by atoms with van der Waals surface area (Å²) in [6, 6.07) is 6.26. The van der Waals surface area contributed by atoms with Gasteiger partial charge in [-0.2, -0.15) is 0 Å². The highest BCUT2D eigenvalue weighted by Gasteiger charge is 2.23. The van der Waals surface area contributed by atoms with E-state index in [4.69, 9.17) is 4.98 Å². The Kier molecular flexibility index (Phi) is 4.80. The van der Waals surface area contributed by atoms with Crippen LogP contribution >= 0.6 is 11.3 Å². The van der Waals surface area contributed by atoms with Gasteiger partial charge in [0.15, 0.2) is 0 Å². The Hall–Kier alpha value is -2.87. The molecule has 0 fully saturated rings. The number of carbonyl (C=O) groups is 1. The number of fused-ring (bicyclic) bond motifs is 3. The number of hydrogen-bond donors (Lipinski definition) is 0. The fraction of sp³-hybridized carbons (Fsp3) is 0.350. The van der Waals surface area contributed by atoms with Crippen LogP contribution in [0.4, 0.5) is 5.69 Å². The molecule has 7 nitrogen and oxygen atoms in total. The SMILES string of the molecule is CC(=O)CCn1c(Cc2ccc([N+](=O)[O-])cc2)nc2sc3c(c2c1=O)CCC3. The van der Waals surface area contributed by atoms with Gasteiger partial charge in [-0.15, -0.1) is 11.3 Å².